The van der Waals surface area contributed by atoms with E-state index in [4.69, 9.17) is 0 Å². The second kappa shape index (κ2) is 7.93. The third-order valence-electron chi connectivity index (χ3n) is 4.59. The molecule has 0 amide bonds. The first-order chi connectivity index (χ1) is 11.8. The lowest BCUT2D eigenvalue weighted by Gasteiger charge is -2.35. The summed E-state index contributed by atoms with van der Waals surface area (Å²) in [6, 6.07) is 14.1. The number of rotatable bonds is 5. The summed E-state index contributed by atoms with van der Waals surface area (Å²) in [6.45, 7) is 6.92. The Bertz CT molecular complexity index is 679. The van der Waals surface area contributed by atoms with Gasteiger partial charge in [-0.1, -0.05) is 35.5 Å². The first kappa shape index (κ1) is 16.5. The molecule has 0 spiro atoms. The van der Waals surface area contributed by atoms with Gasteiger partial charge in [0.2, 0.25) is 0 Å². The predicted molar refractivity (Wildman–Crippen MR) is 97.0 cm³/mol. The van der Waals surface area contributed by atoms with Crippen LogP contribution in [0.5, 0.6) is 0 Å². The molecule has 5 nitrogen and oxygen atoms in total. The standard InChI is InChI=1S/C19H24N4O/c1-16-6-2-3-7-17(16)18(21-24)9-11-22-12-14-23(15-13-22)19-8-4-5-10-20-19/h2-8,10,24H,9,11-15H2,1H3/b21-18+. The molecule has 0 radical (unpaired) electrons. The molecule has 0 atom stereocenters. The van der Waals surface area contributed by atoms with Crippen molar-refractivity contribution in [2.75, 3.05) is 37.6 Å². The van der Waals surface area contributed by atoms with E-state index in [1.807, 2.05) is 49.5 Å². The van der Waals surface area contributed by atoms with Gasteiger partial charge in [0.15, 0.2) is 0 Å². The van der Waals surface area contributed by atoms with E-state index >= 15 is 0 Å². The molecule has 1 aliphatic heterocycles. The average Bonchev–Trinajstić information content (AvgIpc) is 2.65. The third-order valence-corrected chi connectivity index (χ3v) is 4.59. The summed E-state index contributed by atoms with van der Waals surface area (Å²) in [6.07, 6.45) is 2.60. The number of aryl methyl sites for hydroxylation is 1. The van der Waals surface area contributed by atoms with Gasteiger partial charge in [-0.2, -0.15) is 0 Å². The van der Waals surface area contributed by atoms with Crippen LogP contribution in [-0.2, 0) is 0 Å². The second-order valence-corrected chi connectivity index (χ2v) is 6.13. The zero-order valence-corrected chi connectivity index (χ0v) is 14.1. The summed E-state index contributed by atoms with van der Waals surface area (Å²) in [5.41, 5.74) is 2.94. The van der Waals surface area contributed by atoms with Gasteiger partial charge < -0.3 is 10.1 Å². The van der Waals surface area contributed by atoms with Gasteiger partial charge in [0.25, 0.3) is 0 Å². The minimum Gasteiger partial charge on any atom is -0.411 e. The predicted octanol–water partition coefficient (Wildman–Crippen LogP) is 2.78. The van der Waals surface area contributed by atoms with Crippen LogP contribution >= 0.6 is 0 Å². The van der Waals surface area contributed by atoms with E-state index in [1.54, 1.807) is 0 Å². The fourth-order valence-electron chi connectivity index (χ4n) is 3.14. The number of benzene rings is 1. The topological polar surface area (TPSA) is 52.0 Å². The molecule has 5 heteroatoms. The van der Waals surface area contributed by atoms with Crippen LogP contribution in [0.2, 0.25) is 0 Å². The number of aromatic nitrogens is 1. The Balaban J connectivity index is 1.52. The Morgan fingerprint density at radius 1 is 1.08 bits per heavy atom. The Hall–Kier alpha value is -2.40. The monoisotopic (exact) mass is 324 g/mol. The first-order valence-electron chi connectivity index (χ1n) is 8.43. The number of anilines is 1. The van der Waals surface area contributed by atoms with Gasteiger partial charge in [-0.3, -0.25) is 4.90 Å². The maximum Gasteiger partial charge on any atom is 0.128 e. The van der Waals surface area contributed by atoms with Crippen molar-refractivity contribution in [2.24, 2.45) is 5.16 Å². The largest absolute Gasteiger partial charge is 0.411 e. The zero-order valence-electron chi connectivity index (χ0n) is 14.1. The van der Waals surface area contributed by atoms with Crippen molar-refractivity contribution in [3.05, 3.63) is 59.8 Å². The van der Waals surface area contributed by atoms with Crippen LogP contribution in [0.4, 0.5) is 5.82 Å². The van der Waals surface area contributed by atoms with Gasteiger partial charge in [-0.05, 0) is 24.6 Å². The van der Waals surface area contributed by atoms with E-state index in [1.165, 1.54) is 0 Å². The minimum atomic E-state index is 0.755. The van der Waals surface area contributed by atoms with E-state index < -0.39 is 0 Å². The van der Waals surface area contributed by atoms with Gasteiger partial charge in [0.05, 0.1) is 5.71 Å². The molecule has 1 aromatic carbocycles. The molecule has 0 unspecified atom stereocenters. The maximum atomic E-state index is 9.38. The summed E-state index contributed by atoms with van der Waals surface area (Å²) >= 11 is 0. The molecule has 0 bridgehead atoms. The normalized spacial score (nSPS) is 16.4. The van der Waals surface area contributed by atoms with Crippen molar-refractivity contribution < 1.29 is 5.21 Å². The first-order valence-corrected chi connectivity index (χ1v) is 8.43. The number of oxime groups is 1. The highest BCUT2D eigenvalue weighted by Gasteiger charge is 2.18. The number of nitrogens with zero attached hydrogens (tertiary/aromatic N) is 4. The lowest BCUT2D eigenvalue weighted by Crippen LogP contribution is -2.47. The van der Waals surface area contributed by atoms with Crippen LogP contribution in [-0.4, -0.2) is 53.5 Å². The number of hydrogen-bond acceptors (Lipinski definition) is 5. The van der Waals surface area contributed by atoms with Crippen LogP contribution in [0.1, 0.15) is 17.5 Å². The molecule has 126 valence electrons. The van der Waals surface area contributed by atoms with Crippen LogP contribution in [0, 0.1) is 6.92 Å². The fourth-order valence-corrected chi connectivity index (χ4v) is 3.14. The van der Waals surface area contributed by atoms with Crippen molar-refractivity contribution in [1.29, 1.82) is 0 Å². The van der Waals surface area contributed by atoms with Gasteiger partial charge in [0, 0.05) is 50.9 Å². The molecule has 0 aliphatic carbocycles. The summed E-state index contributed by atoms with van der Waals surface area (Å²) in [5, 5.41) is 12.9. The Kier molecular flexibility index (Phi) is 5.43. The summed E-state index contributed by atoms with van der Waals surface area (Å²) in [7, 11) is 0. The van der Waals surface area contributed by atoms with Gasteiger partial charge >= 0.3 is 0 Å². The van der Waals surface area contributed by atoms with E-state index in [0.717, 1.165) is 61.8 Å². The van der Waals surface area contributed by atoms with Crippen LogP contribution in [0.25, 0.3) is 0 Å². The van der Waals surface area contributed by atoms with Crippen molar-refractivity contribution >= 4 is 11.5 Å². The third kappa shape index (κ3) is 3.92. The number of pyridine rings is 1. The maximum absolute atomic E-state index is 9.38. The molecule has 2 aromatic rings. The highest BCUT2D eigenvalue weighted by Crippen LogP contribution is 2.14. The van der Waals surface area contributed by atoms with Crippen molar-refractivity contribution in [3.8, 4) is 0 Å². The summed E-state index contributed by atoms with van der Waals surface area (Å²) in [4.78, 5) is 9.16. The minimum absolute atomic E-state index is 0.755. The zero-order chi connectivity index (χ0) is 16.8. The van der Waals surface area contributed by atoms with Gasteiger partial charge in [0.1, 0.15) is 5.82 Å². The SMILES string of the molecule is Cc1ccccc1/C(CCN1CCN(c2ccccn2)CC1)=N/O. The smallest absolute Gasteiger partial charge is 0.128 e. The highest BCUT2D eigenvalue weighted by atomic mass is 16.4. The van der Waals surface area contributed by atoms with Gasteiger partial charge in [-0.25, -0.2) is 4.98 Å². The molecule has 2 heterocycles. The average molecular weight is 324 g/mol. The van der Waals surface area contributed by atoms with Crippen molar-refractivity contribution in [3.63, 3.8) is 0 Å². The molecular formula is C19H24N4O. The molecule has 0 saturated carbocycles. The van der Waals surface area contributed by atoms with E-state index in [-0.39, 0.29) is 0 Å². The highest BCUT2D eigenvalue weighted by molar-refractivity contribution is 6.01. The fraction of sp³-hybridized carbons (Fsp3) is 0.368. The molecular weight excluding hydrogens is 300 g/mol. The molecule has 1 fully saturated rings. The quantitative estimate of drug-likeness (QED) is 0.522. The lowest BCUT2D eigenvalue weighted by atomic mass is 10.0. The van der Waals surface area contributed by atoms with Crippen LogP contribution in [0.15, 0.2) is 53.8 Å². The Labute approximate surface area is 143 Å². The molecule has 24 heavy (non-hydrogen) atoms. The second-order valence-electron chi connectivity index (χ2n) is 6.13. The molecule has 1 aromatic heterocycles. The molecule has 3 rings (SSSR count). The number of hydrogen-bond donors (Lipinski definition) is 1. The number of piperazine rings is 1. The Morgan fingerprint density at radius 2 is 1.83 bits per heavy atom. The van der Waals surface area contributed by atoms with Crippen molar-refractivity contribution in [1.82, 2.24) is 9.88 Å². The molecule has 1 saturated heterocycles. The van der Waals surface area contributed by atoms with Gasteiger partial charge in [-0.15, -0.1) is 0 Å². The summed E-state index contributed by atoms with van der Waals surface area (Å²) < 4.78 is 0. The van der Waals surface area contributed by atoms with E-state index in [2.05, 4.69) is 26.0 Å². The van der Waals surface area contributed by atoms with E-state index in [0.29, 0.717) is 0 Å². The molecule has 1 aliphatic rings. The van der Waals surface area contributed by atoms with Crippen LogP contribution in [0.3, 0.4) is 0 Å². The van der Waals surface area contributed by atoms with Crippen LogP contribution < -0.4 is 4.90 Å². The molecule has 1 N–H and O–H groups in total. The Morgan fingerprint density at radius 3 is 2.50 bits per heavy atom. The van der Waals surface area contributed by atoms with Crippen molar-refractivity contribution in [2.45, 2.75) is 13.3 Å². The lowest BCUT2D eigenvalue weighted by molar-refractivity contribution is 0.262. The van der Waals surface area contributed by atoms with E-state index in [9.17, 15) is 5.21 Å². The summed E-state index contributed by atoms with van der Waals surface area (Å²) in [5.74, 6) is 1.05.